The van der Waals surface area contributed by atoms with Gasteiger partial charge in [0.1, 0.15) is 5.82 Å². The summed E-state index contributed by atoms with van der Waals surface area (Å²) in [5.74, 6) is -0.0459. The van der Waals surface area contributed by atoms with Gasteiger partial charge in [0.2, 0.25) is 5.82 Å². The summed E-state index contributed by atoms with van der Waals surface area (Å²) < 4.78 is 23.7. The first-order valence-corrected chi connectivity index (χ1v) is 8.99. The Morgan fingerprint density at radius 3 is 2.48 bits per heavy atom. The van der Waals surface area contributed by atoms with E-state index in [1.165, 1.54) is 12.1 Å². The Bertz CT molecular complexity index is 916. The number of carbonyl (C=O) groups is 1. The van der Waals surface area contributed by atoms with Gasteiger partial charge in [-0.15, -0.1) is 0 Å². The summed E-state index contributed by atoms with van der Waals surface area (Å²) in [6.45, 7) is -0.0817. The molecule has 0 atom stereocenters. The Morgan fingerprint density at radius 2 is 1.78 bits per heavy atom. The van der Waals surface area contributed by atoms with Crippen LogP contribution in [-0.2, 0) is 21.6 Å². The van der Waals surface area contributed by atoms with Gasteiger partial charge < -0.3 is 9.26 Å². The molecule has 2 aromatic carbocycles. The zero-order valence-electron chi connectivity index (χ0n) is 14.7. The van der Waals surface area contributed by atoms with E-state index in [0.717, 1.165) is 31.2 Å². The molecule has 138 valence electrons. The summed E-state index contributed by atoms with van der Waals surface area (Å²) in [6, 6.07) is 15.6. The van der Waals surface area contributed by atoms with E-state index >= 15 is 0 Å². The van der Waals surface area contributed by atoms with Crippen molar-refractivity contribution in [2.24, 2.45) is 0 Å². The van der Waals surface area contributed by atoms with Gasteiger partial charge in [0.15, 0.2) is 6.61 Å². The fraction of sp³-hybridized carbons (Fsp3) is 0.286. The van der Waals surface area contributed by atoms with E-state index in [-0.39, 0.29) is 24.3 Å². The van der Waals surface area contributed by atoms with Gasteiger partial charge in [0, 0.05) is 5.56 Å². The van der Waals surface area contributed by atoms with Crippen molar-refractivity contribution < 1.29 is 18.4 Å². The molecule has 0 unspecified atom stereocenters. The van der Waals surface area contributed by atoms with E-state index in [9.17, 15) is 9.18 Å². The van der Waals surface area contributed by atoms with E-state index in [4.69, 9.17) is 9.26 Å². The molecule has 0 spiro atoms. The Kier molecular flexibility index (Phi) is 4.71. The maximum absolute atomic E-state index is 13.0. The van der Waals surface area contributed by atoms with Crippen molar-refractivity contribution in [2.45, 2.75) is 37.7 Å². The largest absolute Gasteiger partial charge is 0.455 e. The number of nitrogens with zero attached hydrogens (tertiary/aromatic N) is 2. The molecule has 1 aromatic heterocycles. The summed E-state index contributed by atoms with van der Waals surface area (Å²) >= 11 is 0. The lowest BCUT2D eigenvalue weighted by Gasteiger charge is -2.26. The van der Waals surface area contributed by atoms with Crippen molar-refractivity contribution in [3.8, 4) is 11.4 Å². The SMILES string of the molecule is O=C(OCc1nc(-c2ccc(F)cc2)no1)C1(c2ccccc2)CCCC1. The van der Waals surface area contributed by atoms with Crippen LogP contribution in [0, 0.1) is 5.82 Å². The summed E-state index contributed by atoms with van der Waals surface area (Å²) in [7, 11) is 0. The average molecular weight is 366 g/mol. The third-order valence-corrected chi connectivity index (χ3v) is 5.07. The molecular weight excluding hydrogens is 347 g/mol. The summed E-state index contributed by atoms with van der Waals surface area (Å²) in [6.07, 6.45) is 3.56. The van der Waals surface area contributed by atoms with Crippen molar-refractivity contribution in [3.05, 3.63) is 71.9 Å². The molecule has 0 amide bonds. The number of aromatic nitrogens is 2. The first-order valence-electron chi connectivity index (χ1n) is 8.99. The normalized spacial score (nSPS) is 15.6. The van der Waals surface area contributed by atoms with Crippen LogP contribution in [0.4, 0.5) is 4.39 Å². The van der Waals surface area contributed by atoms with Crippen molar-refractivity contribution in [1.29, 1.82) is 0 Å². The third-order valence-electron chi connectivity index (χ3n) is 5.07. The first-order chi connectivity index (χ1) is 13.2. The second-order valence-electron chi connectivity index (χ2n) is 6.75. The van der Waals surface area contributed by atoms with Crippen LogP contribution in [0.15, 0.2) is 59.1 Å². The molecule has 0 saturated heterocycles. The van der Waals surface area contributed by atoms with Crippen LogP contribution in [0.25, 0.3) is 11.4 Å². The highest BCUT2D eigenvalue weighted by Gasteiger charge is 2.44. The second kappa shape index (κ2) is 7.31. The number of hydrogen-bond acceptors (Lipinski definition) is 5. The number of halogens is 1. The second-order valence-corrected chi connectivity index (χ2v) is 6.75. The van der Waals surface area contributed by atoms with Crippen LogP contribution in [-0.4, -0.2) is 16.1 Å². The highest BCUT2D eigenvalue weighted by molar-refractivity contribution is 5.83. The lowest BCUT2D eigenvalue weighted by atomic mass is 9.79. The van der Waals surface area contributed by atoms with E-state index in [1.807, 2.05) is 30.3 Å². The van der Waals surface area contributed by atoms with Crippen molar-refractivity contribution in [2.75, 3.05) is 0 Å². The fourth-order valence-corrected chi connectivity index (χ4v) is 3.64. The lowest BCUT2D eigenvalue weighted by molar-refractivity contribution is -0.152. The quantitative estimate of drug-likeness (QED) is 0.625. The highest BCUT2D eigenvalue weighted by Crippen LogP contribution is 2.42. The maximum atomic E-state index is 13.0. The molecule has 0 aliphatic heterocycles. The van der Waals surface area contributed by atoms with Gasteiger partial charge in [0.25, 0.3) is 5.89 Å². The summed E-state index contributed by atoms with van der Waals surface area (Å²) in [4.78, 5) is 17.1. The highest BCUT2D eigenvalue weighted by atomic mass is 19.1. The van der Waals surface area contributed by atoms with E-state index in [1.54, 1.807) is 12.1 Å². The van der Waals surface area contributed by atoms with E-state index in [0.29, 0.717) is 11.4 Å². The lowest BCUT2D eigenvalue weighted by Crippen LogP contribution is -2.34. The molecule has 0 bridgehead atoms. The monoisotopic (exact) mass is 366 g/mol. The van der Waals surface area contributed by atoms with E-state index < -0.39 is 5.41 Å². The van der Waals surface area contributed by atoms with E-state index in [2.05, 4.69) is 10.1 Å². The summed E-state index contributed by atoms with van der Waals surface area (Å²) in [5, 5.41) is 3.87. The molecule has 4 rings (SSSR count). The van der Waals surface area contributed by atoms with Gasteiger partial charge in [0.05, 0.1) is 5.41 Å². The molecule has 1 aliphatic rings. The smallest absolute Gasteiger partial charge is 0.317 e. The molecule has 0 N–H and O–H groups in total. The van der Waals surface area contributed by atoms with Crippen LogP contribution in [0.1, 0.15) is 37.1 Å². The minimum Gasteiger partial charge on any atom is -0.455 e. The van der Waals surface area contributed by atoms with Gasteiger partial charge in [-0.1, -0.05) is 48.3 Å². The number of carbonyl (C=O) groups excluding carboxylic acids is 1. The third kappa shape index (κ3) is 3.47. The van der Waals surface area contributed by atoms with Crippen LogP contribution in [0.5, 0.6) is 0 Å². The minimum absolute atomic E-state index is 0.0817. The zero-order valence-corrected chi connectivity index (χ0v) is 14.7. The molecule has 3 aromatic rings. The number of rotatable bonds is 5. The molecule has 6 heteroatoms. The molecular formula is C21H19FN2O3. The van der Waals surface area contributed by atoms with Crippen molar-refractivity contribution in [3.63, 3.8) is 0 Å². The average Bonchev–Trinajstić information content (AvgIpc) is 3.38. The molecule has 1 fully saturated rings. The van der Waals surface area contributed by atoms with Crippen LogP contribution in [0.3, 0.4) is 0 Å². The molecule has 1 aliphatic carbocycles. The predicted molar refractivity (Wildman–Crippen MR) is 96.1 cm³/mol. The molecule has 5 nitrogen and oxygen atoms in total. The van der Waals surface area contributed by atoms with Gasteiger partial charge in [-0.3, -0.25) is 4.79 Å². The predicted octanol–water partition coefficient (Wildman–Crippen LogP) is 4.43. The number of hydrogen-bond donors (Lipinski definition) is 0. The van der Waals surface area contributed by atoms with Gasteiger partial charge in [-0.05, 0) is 42.7 Å². The van der Waals surface area contributed by atoms with Crippen LogP contribution < -0.4 is 0 Å². The van der Waals surface area contributed by atoms with Crippen LogP contribution in [0.2, 0.25) is 0 Å². The molecule has 27 heavy (non-hydrogen) atoms. The van der Waals surface area contributed by atoms with Gasteiger partial charge in [-0.25, -0.2) is 4.39 Å². The van der Waals surface area contributed by atoms with Gasteiger partial charge >= 0.3 is 5.97 Å². The number of benzene rings is 2. The number of esters is 1. The van der Waals surface area contributed by atoms with Gasteiger partial charge in [-0.2, -0.15) is 4.98 Å². The topological polar surface area (TPSA) is 65.2 Å². The molecule has 1 heterocycles. The molecule has 1 saturated carbocycles. The Labute approximate surface area is 156 Å². The standard InChI is InChI=1S/C21H19FN2O3/c22-17-10-8-15(9-11-17)19-23-18(27-24-19)14-26-20(25)21(12-4-5-13-21)16-6-2-1-3-7-16/h1-3,6-11H,4-5,12-14H2. The number of ether oxygens (including phenoxy) is 1. The van der Waals surface area contributed by atoms with Crippen molar-refractivity contribution >= 4 is 5.97 Å². The minimum atomic E-state index is -0.596. The Balaban J connectivity index is 1.47. The summed E-state index contributed by atoms with van der Waals surface area (Å²) in [5.41, 5.74) is 1.03. The molecule has 0 radical (unpaired) electrons. The van der Waals surface area contributed by atoms with Crippen LogP contribution >= 0.6 is 0 Å². The van der Waals surface area contributed by atoms with Crippen molar-refractivity contribution in [1.82, 2.24) is 10.1 Å². The first kappa shape index (κ1) is 17.4. The fourth-order valence-electron chi connectivity index (χ4n) is 3.64. The maximum Gasteiger partial charge on any atom is 0.317 e. The Hall–Kier alpha value is -3.02. The Morgan fingerprint density at radius 1 is 1.07 bits per heavy atom. The zero-order chi connectivity index (χ0) is 18.7.